The van der Waals surface area contributed by atoms with Crippen LogP contribution >= 0.6 is 27.3 Å². The summed E-state index contributed by atoms with van der Waals surface area (Å²) in [6.45, 7) is 2.53. The number of amides is 1. The predicted molar refractivity (Wildman–Crippen MR) is 94.8 cm³/mol. The minimum Gasteiger partial charge on any atom is -0.392 e. The van der Waals surface area contributed by atoms with Gasteiger partial charge in [0.1, 0.15) is 0 Å². The van der Waals surface area contributed by atoms with Crippen LogP contribution in [0.4, 0.5) is 5.13 Å². The molecular formula is C16H18BrN3O2S. The van der Waals surface area contributed by atoms with E-state index in [0.29, 0.717) is 18.1 Å². The number of hydrogen-bond acceptors (Lipinski definition) is 5. The lowest BCUT2D eigenvalue weighted by atomic mass is 10.1. The van der Waals surface area contributed by atoms with Gasteiger partial charge in [0.15, 0.2) is 5.13 Å². The molecule has 1 fully saturated rings. The highest BCUT2D eigenvalue weighted by Crippen LogP contribution is 2.24. The molecule has 2 aromatic rings. The van der Waals surface area contributed by atoms with Gasteiger partial charge >= 0.3 is 0 Å². The summed E-state index contributed by atoms with van der Waals surface area (Å²) in [5, 5.41) is 15.9. The Morgan fingerprint density at radius 2 is 2.39 bits per heavy atom. The van der Waals surface area contributed by atoms with Crippen LogP contribution in [0.5, 0.6) is 0 Å². The van der Waals surface area contributed by atoms with Crippen LogP contribution in [-0.2, 0) is 11.2 Å². The predicted octanol–water partition coefficient (Wildman–Crippen LogP) is 2.47. The molecule has 1 aromatic heterocycles. The largest absolute Gasteiger partial charge is 0.392 e. The number of β-amino-alcohol motifs (C(OH)–C–C–N with tert-alkyl or cyclic N) is 1. The lowest BCUT2D eigenvalue weighted by Crippen LogP contribution is -2.35. The van der Waals surface area contributed by atoms with Crippen molar-refractivity contribution in [3.63, 3.8) is 0 Å². The molecule has 3 N–H and O–H groups in total. The number of hydrogen-bond donors (Lipinski definition) is 3. The number of carbonyl (C=O) groups excluding carboxylic acids is 1. The zero-order valence-corrected chi connectivity index (χ0v) is 15.1. The molecule has 2 unspecified atom stereocenters. The van der Waals surface area contributed by atoms with E-state index in [0.717, 1.165) is 15.8 Å². The van der Waals surface area contributed by atoms with Crippen molar-refractivity contribution in [2.75, 3.05) is 11.9 Å². The molecule has 2 heterocycles. The number of nitrogens with one attached hydrogen (secondary N) is 2. The summed E-state index contributed by atoms with van der Waals surface area (Å²) in [6, 6.07) is 5.93. The number of benzene rings is 1. The molecule has 0 spiro atoms. The van der Waals surface area contributed by atoms with Gasteiger partial charge in [0.05, 0.1) is 12.1 Å². The summed E-state index contributed by atoms with van der Waals surface area (Å²) in [4.78, 5) is 17.5. The van der Waals surface area contributed by atoms with Gasteiger partial charge in [0.25, 0.3) is 0 Å². The fourth-order valence-electron chi connectivity index (χ4n) is 2.57. The van der Waals surface area contributed by atoms with Crippen molar-refractivity contribution in [2.45, 2.75) is 31.9 Å². The third-order valence-corrected chi connectivity index (χ3v) is 5.61. The molecule has 23 heavy (non-hydrogen) atoms. The molecule has 3 rings (SSSR count). The van der Waals surface area contributed by atoms with Gasteiger partial charge in [-0.1, -0.05) is 28.1 Å². The minimum atomic E-state index is -0.446. The maximum absolute atomic E-state index is 12.1. The van der Waals surface area contributed by atoms with Crippen molar-refractivity contribution in [3.8, 4) is 0 Å². The summed E-state index contributed by atoms with van der Waals surface area (Å²) in [5.41, 5.74) is 2.42. The van der Waals surface area contributed by atoms with Crippen LogP contribution in [0, 0.1) is 6.92 Å². The van der Waals surface area contributed by atoms with Crippen LogP contribution in [0.1, 0.15) is 22.4 Å². The van der Waals surface area contributed by atoms with Gasteiger partial charge in [-0.3, -0.25) is 4.79 Å². The Kier molecular flexibility index (Phi) is 5.11. The van der Waals surface area contributed by atoms with E-state index in [1.165, 1.54) is 22.5 Å². The fraction of sp³-hybridized carbons (Fsp3) is 0.375. The number of aromatic nitrogens is 1. The average Bonchev–Trinajstić information content (AvgIpc) is 3.12. The molecule has 122 valence electrons. The van der Waals surface area contributed by atoms with E-state index in [4.69, 9.17) is 0 Å². The molecule has 0 radical (unpaired) electrons. The van der Waals surface area contributed by atoms with Crippen molar-refractivity contribution >= 4 is 38.3 Å². The summed E-state index contributed by atoms with van der Waals surface area (Å²) in [6.07, 6.45) is 2.59. The molecule has 0 saturated carbocycles. The van der Waals surface area contributed by atoms with Gasteiger partial charge in [0, 0.05) is 28.5 Å². The van der Waals surface area contributed by atoms with Crippen LogP contribution in [0.15, 0.2) is 28.9 Å². The Bertz CT molecular complexity index is 719. The first-order chi connectivity index (χ1) is 11.0. The van der Waals surface area contributed by atoms with Crippen molar-refractivity contribution < 1.29 is 9.90 Å². The Balaban J connectivity index is 1.61. The van der Waals surface area contributed by atoms with Crippen molar-refractivity contribution in [2.24, 2.45) is 0 Å². The second kappa shape index (κ2) is 7.09. The first-order valence-corrected chi connectivity index (χ1v) is 9.04. The van der Waals surface area contributed by atoms with Gasteiger partial charge in [0.2, 0.25) is 5.91 Å². The molecular weight excluding hydrogens is 378 g/mol. The van der Waals surface area contributed by atoms with E-state index in [1.54, 1.807) is 6.20 Å². The summed E-state index contributed by atoms with van der Waals surface area (Å²) in [7, 11) is 0. The maximum atomic E-state index is 12.1. The van der Waals surface area contributed by atoms with E-state index in [1.807, 2.05) is 6.07 Å². The number of halogens is 1. The first-order valence-electron chi connectivity index (χ1n) is 7.43. The highest BCUT2D eigenvalue weighted by atomic mass is 79.9. The zero-order chi connectivity index (χ0) is 16.4. The van der Waals surface area contributed by atoms with E-state index in [9.17, 15) is 9.90 Å². The smallest absolute Gasteiger partial charge is 0.243 e. The highest BCUT2D eigenvalue weighted by molar-refractivity contribution is 9.10. The topological polar surface area (TPSA) is 74.2 Å². The number of anilines is 1. The van der Waals surface area contributed by atoms with Crippen molar-refractivity contribution in [1.82, 2.24) is 10.3 Å². The fourth-order valence-corrected chi connectivity index (χ4v) is 3.67. The Hall–Kier alpha value is -1.28. The molecule has 1 saturated heterocycles. The first kappa shape index (κ1) is 16.6. The number of rotatable bonds is 4. The van der Waals surface area contributed by atoms with Crippen LogP contribution in [0.25, 0.3) is 0 Å². The molecule has 2 atom stereocenters. The molecule has 1 aliphatic rings. The van der Waals surface area contributed by atoms with E-state index in [2.05, 4.69) is 50.6 Å². The van der Waals surface area contributed by atoms with Gasteiger partial charge in [-0.05, 0) is 30.5 Å². The average molecular weight is 396 g/mol. The SMILES string of the molecule is Cc1cc(Cc2cnc(NC(=O)C3CC(O)CN3)s2)ccc1Br. The second-order valence-corrected chi connectivity index (χ2v) is 7.70. The number of aryl methyl sites for hydroxylation is 1. The van der Waals surface area contributed by atoms with Crippen LogP contribution in [-0.4, -0.2) is 34.7 Å². The van der Waals surface area contributed by atoms with E-state index in [-0.39, 0.29) is 11.9 Å². The third kappa shape index (κ3) is 4.17. The molecule has 1 amide bonds. The monoisotopic (exact) mass is 395 g/mol. The van der Waals surface area contributed by atoms with Gasteiger partial charge < -0.3 is 15.7 Å². The quantitative estimate of drug-likeness (QED) is 0.743. The van der Waals surface area contributed by atoms with Gasteiger partial charge in [-0.2, -0.15) is 0 Å². The van der Waals surface area contributed by atoms with E-state index >= 15 is 0 Å². The zero-order valence-electron chi connectivity index (χ0n) is 12.7. The standard InChI is InChI=1S/C16H18BrN3O2S/c1-9-4-10(2-3-13(9)17)5-12-8-19-16(23-12)20-15(22)14-6-11(21)7-18-14/h2-4,8,11,14,18,21H,5-7H2,1H3,(H,19,20,22). The number of aliphatic hydroxyl groups excluding tert-OH is 1. The van der Waals surface area contributed by atoms with Crippen molar-refractivity contribution in [1.29, 1.82) is 0 Å². The maximum Gasteiger partial charge on any atom is 0.243 e. The lowest BCUT2D eigenvalue weighted by Gasteiger charge is -2.08. The second-order valence-electron chi connectivity index (χ2n) is 5.73. The lowest BCUT2D eigenvalue weighted by molar-refractivity contribution is -0.117. The van der Waals surface area contributed by atoms with Crippen LogP contribution in [0.2, 0.25) is 0 Å². The van der Waals surface area contributed by atoms with Crippen LogP contribution in [0.3, 0.4) is 0 Å². The van der Waals surface area contributed by atoms with E-state index < -0.39 is 6.10 Å². The molecule has 5 nitrogen and oxygen atoms in total. The third-order valence-electron chi connectivity index (χ3n) is 3.81. The Morgan fingerprint density at radius 3 is 3.09 bits per heavy atom. The normalized spacial score (nSPS) is 20.7. The summed E-state index contributed by atoms with van der Waals surface area (Å²) < 4.78 is 1.10. The highest BCUT2D eigenvalue weighted by Gasteiger charge is 2.28. The molecule has 7 heteroatoms. The molecule has 1 aromatic carbocycles. The minimum absolute atomic E-state index is 0.137. The number of nitrogens with zero attached hydrogens (tertiary/aromatic N) is 1. The number of thiazole rings is 1. The Labute approximate surface area is 147 Å². The number of carbonyl (C=O) groups is 1. The molecule has 0 bridgehead atoms. The molecule has 1 aliphatic heterocycles. The Morgan fingerprint density at radius 1 is 1.57 bits per heavy atom. The number of aliphatic hydroxyl groups is 1. The molecule has 0 aliphatic carbocycles. The van der Waals surface area contributed by atoms with Crippen molar-refractivity contribution in [3.05, 3.63) is 44.9 Å². The summed E-state index contributed by atoms with van der Waals surface area (Å²) in [5.74, 6) is -0.137. The van der Waals surface area contributed by atoms with Crippen LogP contribution < -0.4 is 10.6 Å². The van der Waals surface area contributed by atoms with Gasteiger partial charge in [-0.15, -0.1) is 11.3 Å². The van der Waals surface area contributed by atoms with Gasteiger partial charge in [-0.25, -0.2) is 4.98 Å². The summed E-state index contributed by atoms with van der Waals surface area (Å²) >= 11 is 4.98.